The Labute approximate surface area is 142 Å². The zero-order valence-electron chi connectivity index (χ0n) is 12.0. The summed E-state index contributed by atoms with van der Waals surface area (Å²) in [5.41, 5.74) is 1.28. The quantitative estimate of drug-likeness (QED) is 0.556. The number of hydrogen-bond acceptors (Lipinski definition) is 5. The van der Waals surface area contributed by atoms with Gasteiger partial charge in [-0.25, -0.2) is 0 Å². The van der Waals surface area contributed by atoms with Crippen molar-refractivity contribution in [3.05, 3.63) is 63.1 Å². The highest BCUT2D eigenvalue weighted by atomic mass is 35.5. The lowest BCUT2D eigenvalue weighted by atomic mass is 9.98. The van der Waals surface area contributed by atoms with Crippen molar-refractivity contribution in [2.75, 3.05) is 0 Å². The summed E-state index contributed by atoms with van der Waals surface area (Å²) < 4.78 is 6.52. The standard InChI is InChI=1S/C16H15ClN2OS2/c1-11(12-5-3-2-4-6-12)9-15-18-19-16(20-15)21-10-13-7-8-14(17)22-13/h2-8,11H,9-10H2,1H3. The van der Waals surface area contributed by atoms with E-state index in [1.54, 1.807) is 23.1 Å². The van der Waals surface area contributed by atoms with E-state index in [1.165, 1.54) is 10.4 Å². The van der Waals surface area contributed by atoms with Gasteiger partial charge in [-0.15, -0.1) is 21.5 Å². The number of benzene rings is 1. The predicted molar refractivity (Wildman–Crippen MR) is 91.7 cm³/mol. The Bertz CT molecular complexity index is 727. The summed E-state index contributed by atoms with van der Waals surface area (Å²) >= 11 is 9.04. The van der Waals surface area contributed by atoms with Gasteiger partial charge in [0.1, 0.15) is 0 Å². The number of thioether (sulfide) groups is 1. The molecule has 0 spiro atoms. The van der Waals surface area contributed by atoms with E-state index < -0.39 is 0 Å². The fourth-order valence-corrected chi connectivity index (χ4v) is 4.01. The van der Waals surface area contributed by atoms with Crippen LogP contribution in [0.1, 0.15) is 29.2 Å². The second-order valence-electron chi connectivity index (χ2n) is 4.97. The van der Waals surface area contributed by atoms with Gasteiger partial charge < -0.3 is 4.42 Å². The maximum atomic E-state index is 5.92. The lowest BCUT2D eigenvalue weighted by Gasteiger charge is -2.08. The minimum absolute atomic E-state index is 0.357. The zero-order chi connectivity index (χ0) is 15.4. The van der Waals surface area contributed by atoms with Crippen LogP contribution in [0.4, 0.5) is 0 Å². The van der Waals surface area contributed by atoms with Crippen LogP contribution in [0.25, 0.3) is 0 Å². The molecule has 3 nitrogen and oxygen atoms in total. The second kappa shape index (κ2) is 7.31. The smallest absolute Gasteiger partial charge is 0.276 e. The maximum Gasteiger partial charge on any atom is 0.276 e. The molecule has 1 aromatic carbocycles. The molecule has 6 heteroatoms. The highest BCUT2D eigenvalue weighted by molar-refractivity contribution is 7.98. The average molecular weight is 351 g/mol. The fraction of sp³-hybridized carbons (Fsp3) is 0.250. The van der Waals surface area contributed by atoms with E-state index in [-0.39, 0.29) is 0 Å². The van der Waals surface area contributed by atoms with Crippen molar-refractivity contribution in [2.45, 2.75) is 30.2 Å². The first-order valence-corrected chi connectivity index (χ1v) is 9.13. The lowest BCUT2D eigenvalue weighted by Crippen LogP contribution is -1.98. The molecule has 2 aromatic heterocycles. The third kappa shape index (κ3) is 4.12. The maximum absolute atomic E-state index is 5.92. The van der Waals surface area contributed by atoms with Gasteiger partial charge in [0.15, 0.2) is 0 Å². The molecular weight excluding hydrogens is 336 g/mol. The number of halogens is 1. The van der Waals surface area contributed by atoms with Gasteiger partial charge in [-0.1, -0.05) is 60.6 Å². The molecule has 2 heterocycles. The Morgan fingerprint density at radius 1 is 1.18 bits per heavy atom. The van der Waals surface area contributed by atoms with Crippen LogP contribution in [0.2, 0.25) is 4.34 Å². The van der Waals surface area contributed by atoms with E-state index in [2.05, 4.69) is 29.3 Å². The van der Waals surface area contributed by atoms with Crippen LogP contribution in [0, 0.1) is 0 Å². The number of nitrogens with zero attached hydrogens (tertiary/aromatic N) is 2. The first-order chi connectivity index (χ1) is 10.7. The molecule has 0 aliphatic heterocycles. The molecule has 0 bridgehead atoms. The average Bonchev–Trinajstić information content (AvgIpc) is 3.15. The predicted octanol–water partition coefficient (Wildman–Crippen LogP) is 5.42. The molecule has 0 N–H and O–H groups in total. The summed E-state index contributed by atoms with van der Waals surface area (Å²) in [6, 6.07) is 14.3. The largest absolute Gasteiger partial charge is 0.416 e. The highest BCUT2D eigenvalue weighted by Crippen LogP contribution is 2.29. The monoisotopic (exact) mass is 350 g/mol. The van der Waals surface area contributed by atoms with E-state index in [0.717, 1.165) is 16.5 Å². The molecule has 1 unspecified atom stereocenters. The summed E-state index contributed by atoms with van der Waals surface area (Å²) in [5.74, 6) is 1.84. The van der Waals surface area contributed by atoms with E-state index in [0.29, 0.717) is 17.0 Å². The molecule has 0 amide bonds. The summed E-state index contributed by atoms with van der Waals surface area (Å²) in [7, 11) is 0. The van der Waals surface area contributed by atoms with Crippen LogP contribution in [-0.4, -0.2) is 10.2 Å². The minimum Gasteiger partial charge on any atom is -0.416 e. The molecule has 0 saturated carbocycles. The van der Waals surface area contributed by atoms with Gasteiger partial charge in [-0.05, 0) is 23.6 Å². The molecule has 0 radical (unpaired) electrons. The van der Waals surface area contributed by atoms with Crippen molar-refractivity contribution in [1.29, 1.82) is 0 Å². The van der Waals surface area contributed by atoms with Crippen molar-refractivity contribution in [3.8, 4) is 0 Å². The van der Waals surface area contributed by atoms with Gasteiger partial charge in [0.25, 0.3) is 5.22 Å². The normalized spacial score (nSPS) is 12.5. The summed E-state index contributed by atoms with van der Waals surface area (Å²) in [6.07, 6.45) is 0.752. The Morgan fingerprint density at radius 2 is 2.00 bits per heavy atom. The topological polar surface area (TPSA) is 38.9 Å². The molecule has 3 rings (SSSR count). The molecule has 1 atom stereocenters. The van der Waals surface area contributed by atoms with Crippen LogP contribution >= 0.6 is 34.7 Å². The van der Waals surface area contributed by atoms with Crippen molar-refractivity contribution in [2.24, 2.45) is 0 Å². The molecule has 3 aromatic rings. The summed E-state index contributed by atoms with van der Waals surface area (Å²) in [6.45, 7) is 2.17. The molecule has 0 aliphatic carbocycles. The minimum atomic E-state index is 0.357. The SMILES string of the molecule is CC(Cc1nnc(SCc2ccc(Cl)s2)o1)c1ccccc1. The number of rotatable bonds is 6. The van der Waals surface area contributed by atoms with Crippen LogP contribution in [0.5, 0.6) is 0 Å². The van der Waals surface area contributed by atoms with Crippen LogP contribution in [0.15, 0.2) is 52.1 Å². The van der Waals surface area contributed by atoms with Crippen LogP contribution in [-0.2, 0) is 12.2 Å². The van der Waals surface area contributed by atoms with E-state index >= 15 is 0 Å². The molecule has 22 heavy (non-hydrogen) atoms. The Kier molecular flexibility index (Phi) is 5.18. The third-order valence-electron chi connectivity index (χ3n) is 3.26. The van der Waals surface area contributed by atoms with Crippen LogP contribution < -0.4 is 0 Å². The van der Waals surface area contributed by atoms with Gasteiger partial charge in [0.2, 0.25) is 5.89 Å². The molecular formula is C16H15ClN2OS2. The number of aromatic nitrogens is 2. The number of hydrogen-bond donors (Lipinski definition) is 0. The third-order valence-corrected chi connectivity index (χ3v) is 5.55. The summed E-state index contributed by atoms with van der Waals surface area (Å²) in [4.78, 5) is 1.20. The van der Waals surface area contributed by atoms with Crippen molar-refractivity contribution >= 4 is 34.7 Å². The van der Waals surface area contributed by atoms with Gasteiger partial charge in [0.05, 0.1) is 4.34 Å². The molecule has 0 aliphatic rings. The lowest BCUT2D eigenvalue weighted by molar-refractivity contribution is 0.404. The zero-order valence-corrected chi connectivity index (χ0v) is 14.4. The van der Waals surface area contributed by atoms with E-state index in [1.807, 2.05) is 30.3 Å². The Morgan fingerprint density at radius 3 is 2.73 bits per heavy atom. The Balaban J connectivity index is 1.57. The van der Waals surface area contributed by atoms with Gasteiger partial charge >= 0.3 is 0 Å². The van der Waals surface area contributed by atoms with Gasteiger partial charge in [-0.3, -0.25) is 0 Å². The molecule has 114 valence electrons. The second-order valence-corrected chi connectivity index (χ2v) is 7.70. The first-order valence-electron chi connectivity index (χ1n) is 6.95. The summed E-state index contributed by atoms with van der Waals surface area (Å²) in [5, 5.41) is 8.85. The fourth-order valence-electron chi connectivity index (χ4n) is 2.10. The number of thiophene rings is 1. The van der Waals surface area contributed by atoms with Crippen molar-refractivity contribution in [3.63, 3.8) is 0 Å². The van der Waals surface area contributed by atoms with Gasteiger partial charge in [-0.2, -0.15) is 0 Å². The van der Waals surface area contributed by atoms with Crippen LogP contribution in [0.3, 0.4) is 0 Å². The van der Waals surface area contributed by atoms with E-state index in [4.69, 9.17) is 16.0 Å². The Hall–Kier alpha value is -1.30. The molecule has 0 fully saturated rings. The van der Waals surface area contributed by atoms with Crippen molar-refractivity contribution in [1.82, 2.24) is 10.2 Å². The van der Waals surface area contributed by atoms with E-state index in [9.17, 15) is 0 Å². The highest BCUT2D eigenvalue weighted by Gasteiger charge is 2.13. The van der Waals surface area contributed by atoms with Crippen molar-refractivity contribution < 1.29 is 4.42 Å². The van der Waals surface area contributed by atoms with Gasteiger partial charge in [0, 0.05) is 17.1 Å². The first kappa shape index (κ1) is 15.6. The molecule has 0 saturated heterocycles.